The van der Waals surface area contributed by atoms with E-state index < -0.39 is 0 Å². The Labute approximate surface area is 134 Å². The molecule has 0 spiro atoms. The van der Waals surface area contributed by atoms with Crippen molar-refractivity contribution in [3.8, 4) is 0 Å². The van der Waals surface area contributed by atoms with E-state index in [4.69, 9.17) is 4.74 Å². The Morgan fingerprint density at radius 1 is 1.13 bits per heavy atom. The molecular formula is C17H19FN4O. The molecule has 0 amide bonds. The van der Waals surface area contributed by atoms with E-state index in [9.17, 15) is 4.39 Å². The van der Waals surface area contributed by atoms with Crippen molar-refractivity contribution in [2.75, 3.05) is 31.1 Å². The Morgan fingerprint density at radius 2 is 1.91 bits per heavy atom. The fourth-order valence-corrected chi connectivity index (χ4v) is 3.43. The third kappa shape index (κ3) is 3.04. The molecule has 2 aliphatic rings. The predicted octanol–water partition coefficient (Wildman–Crippen LogP) is 1.71. The first-order valence-corrected chi connectivity index (χ1v) is 7.92. The minimum Gasteiger partial charge on any atom is -0.373 e. The van der Waals surface area contributed by atoms with Gasteiger partial charge in [0.2, 0.25) is 5.95 Å². The molecule has 23 heavy (non-hydrogen) atoms. The third-order valence-corrected chi connectivity index (χ3v) is 4.51. The lowest BCUT2D eigenvalue weighted by Gasteiger charge is -2.36. The van der Waals surface area contributed by atoms with Gasteiger partial charge < -0.3 is 9.64 Å². The number of likely N-dealkylation sites (tertiary alicyclic amines) is 1. The summed E-state index contributed by atoms with van der Waals surface area (Å²) in [6.45, 7) is 4.10. The summed E-state index contributed by atoms with van der Waals surface area (Å²) in [4.78, 5) is 13.4. The zero-order chi connectivity index (χ0) is 15.6. The Kier molecular flexibility index (Phi) is 3.93. The number of halogens is 1. The van der Waals surface area contributed by atoms with Crippen molar-refractivity contribution in [2.45, 2.75) is 18.7 Å². The summed E-state index contributed by atoms with van der Waals surface area (Å²) < 4.78 is 19.0. The molecule has 2 fully saturated rings. The van der Waals surface area contributed by atoms with Gasteiger partial charge in [-0.1, -0.05) is 12.1 Å². The SMILES string of the molecule is Fc1ccc(CN2C[C@@H]3OCCN(c4ncccn4)[C@@H]3C2)cc1. The number of fused-ring (bicyclic) bond motifs is 1. The summed E-state index contributed by atoms with van der Waals surface area (Å²) in [6.07, 6.45) is 3.73. The van der Waals surface area contributed by atoms with Crippen LogP contribution in [0.15, 0.2) is 42.7 Å². The maximum Gasteiger partial charge on any atom is 0.225 e. The summed E-state index contributed by atoms with van der Waals surface area (Å²) >= 11 is 0. The van der Waals surface area contributed by atoms with Crippen LogP contribution in [0.3, 0.4) is 0 Å². The molecule has 0 N–H and O–H groups in total. The second-order valence-electron chi connectivity index (χ2n) is 6.04. The normalized spacial score (nSPS) is 24.7. The Balaban J connectivity index is 1.47. The van der Waals surface area contributed by atoms with Gasteiger partial charge in [0, 0.05) is 38.6 Å². The number of rotatable bonds is 3. The number of hydrogen-bond acceptors (Lipinski definition) is 5. The summed E-state index contributed by atoms with van der Waals surface area (Å²) in [5, 5.41) is 0. The minimum atomic E-state index is -0.195. The molecule has 0 saturated carbocycles. The van der Waals surface area contributed by atoms with Crippen molar-refractivity contribution >= 4 is 5.95 Å². The molecule has 2 atom stereocenters. The fourth-order valence-electron chi connectivity index (χ4n) is 3.43. The van der Waals surface area contributed by atoms with Crippen LogP contribution in [0.25, 0.3) is 0 Å². The van der Waals surface area contributed by atoms with E-state index in [0.717, 1.165) is 37.7 Å². The molecule has 0 aliphatic carbocycles. The predicted molar refractivity (Wildman–Crippen MR) is 84.6 cm³/mol. The first-order valence-electron chi connectivity index (χ1n) is 7.92. The van der Waals surface area contributed by atoms with Gasteiger partial charge in [-0.25, -0.2) is 14.4 Å². The van der Waals surface area contributed by atoms with Crippen LogP contribution in [0.1, 0.15) is 5.56 Å². The van der Waals surface area contributed by atoms with Crippen LogP contribution < -0.4 is 4.90 Å². The van der Waals surface area contributed by atoms with Gasteiger partial charge in [0.1, 0.15) is 5.82 Å². The van der Waals surface area contributed by atoms with E-state index in [1.807, 2.05) is 18.2 Å². The van der Waals surface area contributed by atoms with Gasteiger partial charge in [-0.15, -0.1) is 0 Å². The van der Waals surface area contributed by atoms with Crippen LogP contribution >= 0.6 is 0 Å². The molecule has 4 rings (SSSR count). The van der Waals surface area contributed by atoms with E-state index in [-0.39, 0.29) is 18.0 Å². The van der Waals surface area contributed by atoms with Gasteiger partial charge in [-0.3, -0.25) is 4.90 Å². The van der Waals surface area contributed by atoms with E-state index in [0.29, 0.717) is 6.61 Å². The standard InChI is InChI=1S/C17H19FN4O/c18-14-4-2-13(3-5-14)10-21-11-15-16(12-21)23-9-8-22(15)17-19-6-1-7-20-17/h1-7,15-16H,8-12H2/t15-,16+/m1/s1. The fraction of sp³-hybridized carbons (Fsp3) is 0.412. The van der Waals surface area contributed by atoms with Gasteiger partial charge in [-0.05, 0) is 23.8 Å². The summed E-state index contributed by atoms with van der Waals surface area (Å²) in [5.74, 6) is 0.578. The number of anilines is 1. The van der Waals surface area contributed by atoms with Crippen molar-refractivity contribution in [3.05, 3.63) is 54.1 Å². The van der Waals surface area contributed by atoms with Crippen LogP contribution in [0.5, 0.6) is 0 Å². The molecule has 6 heteroatoms. The van der Waals surface area contributed by atoms with Gasteiger partial charge in [0.05, 0.1) is 18.8 Å². The first-order chi connectivity index (χ1) is 11.3. The average molecular weight is 314 g/mol. The van der Waals surface area contributed by atoms with Crippen molar-refractivity contribution in [1.82, 2.24) is 14.9 Å². The lowest BCUT2D eigenvalue weighted by atomic mass is 10.1. The van der Waals surface area contributed by atoms with Gasteiger partial charge in [0.15, 0.2) is 0 Å². The lowest BCUT2D eigenvalue weighted by Crippen LogP contribution is -2.51. The summed E-state index contributed by atoms with van der Waals surface area (Å²) in [7, 11) is 0. The Bertz CT molecular complexity index is 651. The molecule has 2 aliphatic heterocycles. The van der Waals surface area contributed by atoms with Crippen LogP contribution in [-0.2, 0) is 11.3 Å². The van der Waals surface area contributed by atoms with E-state index in [1.165, 1.54) is 12.1 Å². The molecule has 3 heterocycles. The van der Waals surface area contributed by atoms with E-state index in [1.54, 1.807) is 12.4 Å². The zero-order valence-corrected chi connectivity index (χ0v) is 12.8. The second kappa shape index (κ2) is 6.22. The highest BCUT2D eigenvalue weighted by Gasteiger charge is 2.40. The molecule has 0 radical (unpaired) electrons. The lowest BCUT2D eigenvalue weighted by molar-refractivity contribution is 0.0300. The van der Waals surface area contributed by atoms with Crippen LogP contribution in [-0.4, -0.2) is 53.3 Å². The molecule has 5 nitrogen and oxygen atoms in total. The molecule has 1 aromatic heterocycles. The number of nitrogens with zero attached hydrogens (tertiary/aromatic N) is 4. The van der Waals surface area contributed by atoms with Gasteiger partial charge >= 0.3 is 0 Å². The Morgan fingerprint density at radius 3 is 2.70 bits per heavy atom. The topological polar surface area (TPSA) is 41.5 Å². The van der Waals surface area contributed by atoms with Crippen molar-refractivity contribution in [1.29, 1.82) is 0 Å². The molecule has 2 aromatic rings. The highest BCUT2D eigenvalue weighted by molar-refractivity contribution is 5.33. The van der Waals surface area contributed by atoms with Crippen molar-refractivity contribution < 1.29 is 9.13 Å². The largest absolute Gasteiger partial charge is 0.373 e. The number of benzene rings is 1. The van der Waals surface area contributed by atoms with E-state index in [2.05, 4.69) is 19.8 Å². The maximum absolute atomic E-state index is 13.0. The van der Waals surface area contributed by atoms with Crippen molar-refractivity contribution in [3.63, 3.8) is 0 Å². The molecule has 0 bridgehead atoms. The van der Waals surface area contributed by atoms with E-state index >= 15 is 0 Å². The highest BCUT2D eigenvalue weighted by Crippen LogP contribution is 2.26. The number of ether oxygens (including phenoxy) is 1. The van der Waals surface area contributed by atoms with Crippen LogP contribution in [0.2, 0.25) is 0 Å². The smallest absolute Gasteiger partial charge is 0.225 e. The van der Waals surface area contributed by atoms with Gasteiger partial charge in [0.25, 0.3) is 0 Å². The number of morpholine rings is 1. The second-order valence-corrected chi connectivity index (χ2v) is 6.04. The average Bonchev–Trinajstić information content (AvgIpc) is 3.00. The third-order valence-electron chi connectivity index (χ3n) is 4.51. The molecule has 1 aromatic carbocycles. The highest BCUT2D eigenvalue weighted by atomic mass is 19.1. The number of aromatic nitrogens is 2. The molecule has 2 saturated heterocycles. The summed E-state index contributed by atoms with van der Waals surface area (Å²) in [6, 6.07) is 8.81. The zero-order valence-electron chi connectivity index (χ0n) is 12.8. The van der Waals surface area contributed by atoms with Crippen LogP contribution in [0.4, 0.5) is 10.3 Å². The quantitative estimate of drug-likeness (QED) is 0.863. The molecule has 0 unspecified atom stereocenters. The van der Waals surface area contributed by atoms with Gasteiger partial charge in [-0.2, -0.15) is 0 Å². The molecular weight excluding hydrogens is 295 g/mol. The van der Waals surface area contributed by atoms with Crippen molar-refractivity contribution in [2.24, 2.45) is 0 Å². The summed E-state index contributed by atoms with van der Waals surface area (Å²) in [5.41, 5.74) is 1.12. The first kappa shape index (κ1) is 14.5. The maximum atomic E-state index is 13.0. The monoisotopic (exact) mass is 314 g/mol. The molecule has 120 valence electrons. The Hall–Kier alpha value is -2.05. The van der Waals surface area contributed by atoms with Crippen LogP contribution in [0, 0.1) is 5.82 Å². The number of hydrogen-bond donors (Lipinski definition) is 0. The minimum absolute atomic E-state index is 0.174.